The number of hydrogen-bond donors (Lipinski definition) is 1. The molecular formula is C22H29N3O4. The van der Waals surface area contributed by atoms with Crippen molar-refractivity contribution in [3.05, 3.63) is 53.7 Å². The lowest BCUT2D eigenvalue weighted by molar-refractivity contribution is -0.0301. The molecule has 0 unspecified atom stereocenters. The molecule has 7 heteroatoms. The zero-order valence-corrected chi connectivity index (χ0v) is 17.4. The van der Waals surface area contributed by atoms with Crippen molar-refractivity contribution in [3.8, 4) is 17.6 Å². The summed E-state index contributed by atoms with van der Waals surface area (Å²) in [6, 6.07) is 8.27. The van der Waals surface area contributed by atoms with Gasteiger partial charge in [-0.15, -0.1) is 0 Å². The van der Waals surface area contributed by atoms with Gasteiger partial charge in [-0.2, -0.15) is 4.98 Å². The molecule has 1 aliphatic heterocycles. The first-order valence-corrected chi connectivity index (χ1v) is 9.70. The van der Waals surface area contributed by atoms with Gasteiger partial charge in [0.25, 0.3) is 0 Å². The van der Waals surface area contributed by atoms with Crippen molar-refractivity contribution in [1.29, 1.82) is 0 Å². The summed E-state index contributed by atoms with van der Waals surface area (Å²) >= 11 is 0. The third-order valence-electron chi connectivity index (χ3n) is 5.13. The highest BCUT2D eigenvalue weighted by Crippen LogP contribution is 2.38. The molecule has 1 fully saturated rings. The van der Waals surface area contributed by atoms with Crippen LogP contribution in [0.1, 0.15) is 30.9 Å². The van der Waals surface area contributed by atoms with Crippen LogP contribution in [0.25, 0.3) is 0 Å². The van der Waals surface area contributed by atoms with Crippen molar-refractivity contribution in [1.82, 2.24) is 14.9 Å². The van der Waals surface area contributed by atoms with Crippen LogP contribution < -0.4 is 14.2 Å². The van der Waals surface area contributed by atoms with E-state index in [1.165, 1.54) is 14.2 Å². The van der Waals surface area contributed by atoms with Gasteiger partial charge >= 0.3 is 6.01 Å². The Morgan fingerprint density at radius 2 is 1.93 bits per heavy atom. The molecule has 29 heavy (non-hydrogen) atoms. The second-order valence-electron chi connectivity index (χ2n) is 7.44. The Hall–Kier alpha value is -2.64. The van der Waals surface area contributed by atoms with E-state index in [-0.39, 0.29) is 6.01 Å². The number of piperidine rings is 1. The van der Waals surface area contributed by atoms with E-state index in [4.69, 9.17) is 14.2 Å². The first-order valence-electron chi connectivity index (χ1n) is 9.70. The van der Waals surface area contributed by atoms with Crippen LogP contribution in [0.15, 0.2) is 42.6 Å². The Balaban J connectivity index is 1.67. The fourth-order valence-corrected chi connectivity index (χ4v) is 3.49. The van der Waals surface area contributed by atoms with Gasteiger partial charge in [-0.1, -0.05) is 24.8 Å². The number of para-hydroxylation sites is 1. The summed E-state index contributed by atoms with van der Waals surface area (Å²) in [6.45, 7) is 8.59. The van der Waals surface area contributed by atoms with Gasteiger partial charge in [0, 0.05) is 31.4 Å². The summed E-state index contributed by atoms with van der Waals surface area (Å²) in [7, 11) is 3.03. The SMILES string of the molecule is C=C(C)COc1ccccc1CN1CCC(O)(c2cnc(OC)nc2OC)CC1. The average Bonchev–Trinajstić information content (AvgIpc) is 2.74. The minimum absolute atomic E-state index is 0.220. The fourth-order valence-electron chi connectivity index (χ4n) is 3.49. The Labute approximate surface area is 172 Å². The Bertz CT molecular complexity index is 848. The molecule has 0 aliphatic carbocycles. The molecule has 0 radical (unpaired) electrons. The van der Waals surface area contributed by atoms with Crippen molar-refractivity contribution in [2.45, 2.75) is 31.9 Å². The number of nitrogens with zero attached hydrogens (tertiary/aromatic N) is 3. The Kier molecular flexibility index (Phi) is 6.71. The van der Waals surface area contributed by atoms with Crippen LogP contribution in [-0.2, 0) is 12.1 Å². The molecule has 1 N–H and O–H groups in total. The highest BCUT2D eigenvalue weighted by Gasteiger charge is 2.37. The summed E-state index contributed by atoms with van der Waals surface area (Å²) in [6.07, 6.45) is 2.72. The average molecular weight is 399 g/mol. The first-order chi connectivity index (χ1) is 13.9. The molecule has 0 amide bonds. The summed E-state index contributed by atoms with van der Waals surface area (Å²) in [5, 5.41) is 11.2. The van der Waals surface area contributed by atoms with Crippen LogP contribution in [-0.4, -0.2) is 53.9 Å². The van der Waals surface area contributed by atoms with Gasteiger partial charge in [-0.05, 0) is 31.4 Å². The maximum atomic E-state index is 11.2. The van der Waals surface area contributed by atoms with Crippen molar-refractivity contribution in [2.75, 3.05) is 33.9 Å². The minimum Gasteiger partial charge on any atom is -0.489 e. The Morgan fingerprint density at radius 1 is 1.21 bits per heavy atom. The molecule has 3 rings (SSSR count). The second kappa shape index (κ2) is 9.24. The lowest BCUT2D eigenvalue weighted by atomic mass is 9.85. The molecule has 1 saturated heterocycles. The third-order valence-corrected chi connectivity index (χ3v) is 5.13. The van der Waals surface area contributed by atoms with E-state index < -0.39 is 5.60 Å². The van der Waals surface area contributed by atoms with Crippen LogP contribution in [0, 0.1) is 0 Å². The number of likely N-dealkylation sites (tertiary alicyclic amines) is 1. The van der Waals surface area contributed by atoms with Gasteiger partial charge in [0.1, 0.15) is 12.4 Å². The number of hydrogen-bond acceptors (Lipinski definition) is 7. The van der Waals surface area contributed by atoms with Crippen molar-refractivity contribution >= 4 is 0 Å². The smallest absolute Gasteiger partial charge is 0.319 e. The van der Waals surface area contributed by atoms with E-state index in [1.54, 1.807) is 6.20 Å². The van der Waals surface area contributed by atoms with Crippen molar-refractivity contribution < 1.29 is 19.3 Å². The van der Waals surface area contributed by atoms with Gasteiger partial charge in [0.05, 0.1) is 25.4 Å². The molecule has 156 valence electrons. The lowest BCUT2D eigenvalue weighted by Crippen LogP contribution is -2.42. The van der Waals surface area contributed by atoms with E-state index in [0.29, 0.717) is 30.9 Å². The number of aromatic nitrogens is 2. The van der Waals surface area contributed by atoms with Gasteiger partial charge in [0.2, 0.25) is 5.88 Å². The monoisotopic (exact) mass is 399 g/mol. The normalized spacial score (nSPS) is 16.3. The topological polar surface area (TPSA) is 76.9 Å². The van der Waals surface area contributed by atoms with E-state index >= 15 is 0 Å². The predicted molar refractivity (Wildman–Crippen MR) is 110 cm³/mol. The minimum atomic E-state index is -1.02. The number of aliphatic hydroxyl groups is 1. The van der Waals surface area contributed by atoms with Crippen LogP contribution >= 0.6 is 0 Å². The standard InChI is InChI=1S/C22H29N3O4/c1-16(2)15-29-19-8-6-5-7-17(19)14-25-11-9-22(26,10-12-25)18-13-23-21(28-4)24-20(18)27-3/h5-8,13,26H,1,9-12,14-15H2,2-4H3. The molecule has 7 nitrogen and oxygen atoms in total. The third kappa shape index (κ3) is 5.05. The molecule has 0 saturated carbocycles. The summed E-state index contributed by atoms with van der Waals surface area (Å²) < 4.78 is 16.3. The first kappa shape index (κ1) is 21.1. The summed E-state index contributed by atoms with van der Waals surface area (Å²) in [5.74, 6) is 1.23. The summed E-state index contributed by atoms with van der Waals surface area (Å²) in [4.78, 5) is 10.7. The maximum absolute atomic E-state index is 11.2. The maximum Gasteiger partial charge on any atom is 0.319 e. The van der Waals surface area contributed by atoms with Crippen molar-refractivity contribution in [3.63, 3.8) is 0 Å². The highest BCUT2D eigenvalue weighted by atomic mass is 16.5. The zero-order valence-electron chi connectivity index (χ0n) is 17.4. The van der Waals surface area contributed by atoms with Crippen LogP contribution in [0.5, 0.6) is 17.6 Å². The summed E-state index contributed by atoms with van der Waals surface area (Å²) in [5.41, 5.74) is 1.69. The zero-order chi connectivity index (χ0) is 20.9. The predicted octanol–water partition coefficient (Wildman–Crippen LogP) is 2.93. The van der Waals surface area contributed by atoms with Crippen LogP contribution in [0.4, 0.5) is 0 Å². The number of benzene rings is 1. The largest absolute Gasteiger partial charge is 0.489 e. The van der Waals surface area contributed by atoms with E-state index in [9.17, 15) is 5.11 Å². The van der Waals surface area contributed by atoms with E-state index in [1.807, 2.05) is 25.1 Å². The number of ether oxygens (including phenoxy) is 3. The second-order valence-corrected chi connectivity index (χ2v) is 7.44. The molecule has 0 spiro atoms. The van der Waals surface area contributed by atoms with Crippen LogP contribution in [0.3, 0.4) is 0 Å². The molecule has 2 heterocycles. The van der Waals surface area contributed by atoms with E-state index in [2.05, 4.69) is 27.5 Å². The molecular weight excluding hydrogens is 370 g/mol. The van der Waals surface area contributed by atoms with E-state index in [0.717, 1.165) is 36.5 Å². The van der Waals surface area contributed by atoms with Gasteiger partial charge in [0.15, 0.2) is 0 Å². The molecule has 0 bridgehead atoms. The number of methoxy groups -OCH3 is 2. The quantitative estimate of drug-likeness (QED) is 0.684. The lowest BCUT2D eigenvalue weighted by Gasteiger charge is -2.38. The fraction of sp³-hybridized carbons (Fsp3) is 0.455. The van der Waals surface area contributed by atoms with Crippen LogP contribution in [0.2, 0.25) is 0 Å². The van der Waals surface area contributed by atoms with Gasteiger partial charge in [-0.3, -0.25) is 4.90 Å². The molecule has 2 aromatic rings. The molecule has 1 aromatic heterocycles. The van der Waals surface area contributed by atoms with Gasteiger partial charge < -0.3 is 19.3 Å². The van der Waals surface area contributed by atoms with Gasteiger partial charge in [-0.25, -0.2) is 4.98 Å². The Morgan fingerprint density at radius 3 is 2.59 bits per heavy atom. The molecule has 0 atom stereocenters. The highest BCUT2D eigenvalue weighted by molar-refractivity contribution is 5.34. The number of rotatable bonds is 8. The molecule has 1 aromatic carbocycles. The van der Waals surface area contributed by atoms with Crippen molar-refractivity contribution in [2.24, 2.45) is 0 Å². The molecule has 1 aliphatic rings.